The number of aromatic nitrogens is 2. The van der Waals surface area contributed by atoms with E-state index in [0.717, 1.165) is 72.5 Å². The van der Waals surface area contributed by atoms with Crippen LogP contribution in [0.15, 0.2) is 72.9 Å². The van der Waals surface area contributed by atoms with E-state index in [9.17, 15) is 14.9 Å². The second-order valence-corrected chi connectivity index (χ2v) is 11.0. The van der Waals surface area contributed by atoms with Crippen molar-refractivity contribution in [2.75, 3.05) is 33.3 Å². The zero-order chi connectivity index (χ0) is 28.3. The number of benzene rings is 2. The van der Waals surface area contributed by atoms with Gasteiger partial charge in [-0.25, -0.2) is 4.98 Å². The van der Waals surface area contributed by atoms with Crippen molar-refractivity contribution in [3.8, 4) is 22.4 Å². The maximum Gasteiger partial charge on any atom is 0.270 e. The summed E-state index contributed by atoms with van der Waals surface area (Å²) in [6.45, 7) is 3.50. The van der Waals surface area contributed by atoms with Gasteiger partial charge in [0.25, 0.3) is 5.69 Å². The standard InChI is InChI=1S/C32H35N5O4/c1-41-28-12-6-10-25(20-28)32(38)35-17-15-34(16-18-35)22-29-31(24-9-5-11-27(19-24)37(39)40)33-30-14-13-26(21-36(29)30)23-7-3-2-4-8-23/h2-5,7-9,11,13-14,19,21,25,28H,6,10,12,15-18,20,22H2,1H3/t25-,28-/m0/s1. The predicted molar refractivity (Wildman–Crippen MR) is 157 cm³/mol. The topological polar surface area (TPSA) is 93.2 Å². The van der Waals surface area contributed by atoms with Gasteiger partial charge < -0.3 is 14.0 Å². The van der Waals surface area contributed by atoms with E-state index >= 15 is 0 Å². The maximum atomic E-state index is 13.3. The Balaban J connectivity index is 1.27. The molecule has 0 unspecified atom stereocenters. The first kappa shape index (κ1) is 27.1. The van der Waals surface area contributed by atoms with E-state index in [1.807, 2.05) is 35.2 Å². The molecule has 1 aliphatic heterocycles. The number of non-ortho nitro benzene ring substituents is 1. The minimum Gasteiger partial charge on any atom is -0.381 e. The number of ether oxygens (including phenoxy) is 1. The molecule has 6 rings (SSSR count). The van der Waals surface area contributed by atoms with Crippen LogP contribution in [0.5, 0.6) is 0 Å². The van der Waals surface area contributed by atoms with Crippen LogP contribution in [0.25, 0.3) is 28.0 Å². The normalized spacial score (nSPS) is 19.9. The highest BCUT2D eigenvalue weighted by atomic mass is 16.6. The molecule has 2 atom stereocenters. The highest BCUT2D eigenvalue weighted by Gasteiger charge is 2.32. The largest absolute Gasteiger partial charge is 0.381 e. The monoisotopic (exact) mass is 553 g/mol. The molecule has 9 heteroatoms. The van der Waals surface area contributed by atoms with Crippen molar-refractivity contribution < 1.29 is 14.5 Å². The van der Waals surface area contributed by atoms with Crippen LogP contribution in [0.1, 0.15) is 31.4 Å². The number of carbonyl (C=O) groups is 1. The van der Waals surface area contributed by atoms with E-state index in [1.165, 1.54) is 6.07 Å². The summed E-state index contributed by atoms with van der Waals surface area (Å²) in [5, 5.41) is 11.5. The average molecular weight is 554 g/mol. The molecule has 2 aliphatic rings. The summed E-state index contributed by atoms with van der Waals surface area (Å²) in [7, 11) is 1.74. The fourth-order valence-corrected chi connectivity index (χ4v) is 6.22. The molecule has 0 spiro atoms. The summed E-state index contributed by atoms with van der Waals surface area (Å²) in [5.41, 5.74) is 5.45. The molecule has 2 fully saturated rings. The van der Waals surface area contributed by atoms with E-state index in [0.29, 0.717) is 19.6 Å². The number of rotatable bonds is 7. The van der Waals surface area contributed by atoms with Crippen molar-refractivity contribution in [1.82, 2.24) is 19.2 Å². The highest BCUT2D eigenvalue weighted by Crippen LogP contribution is 2.31. The zero-order valence-corrected chi connectivity index (χ0v) is 23.3. The van der Waals surface area contributed by atoms with E-state index in [-0.39, 0.29) is 28.5 Å². The SMILES string of the molecule is CO[C@H]1CCC[C@H](C(=O)N2CCN(Cc3c(-c4cccc([N+](=O)[O-])c4)nc4ccc(-c5ccccc5)cn34)CC2)C1. The Kier molecular flexibility index (Phi) is 7.80. The van der Waals surface area contributed by atoms with Crippen LogP contribution in [0.2, 0.25) is 0 Å². The molecule has 41 heavy (non-hydrogen) atoms. The number of pyridine rings is 1. The number of piperazine rings is 1. The highest BCUT2D eigenvalue weighted by molar-refractivity contribution is 5.79. The van der Waals surface area contributed by atoms with Crippen LogP contribution in [0.4, 0.5) is 5.69 Å². The lowest BCUT2D eigenvalue weighted by Gasteiger charge is -2.38. The van der Waals surface area contributed by atoms with Gasteiger partial charge in [0, 0.05) is 69.6 Å². The Hall–Kier alpha value is -4.08. The first-order chi connectivity index (χ1) is 20.0. The van der Waals surface area contributed by atoms with Gasteiger partial charge in [0.1, 0.15) is 5.65 Å². The maximum absolute atomic E-state index is 13.3. The van der Waals surface area contributed by atoms with Gasteiger partial charge in [0.2, 0.25) is 5.91 Å². The number of methoxy groups -OCH3 is 1. The first-order valence-electron chi connectivity index (χ1n) is 14.4. The molecule has 2 aromatic heterocycles. The van der Waals surface area contributed by atoms with Crippen molar-refractivity contribution in [3.63, 3.8) is 0 Å². The van der Waals surface area contributed by atoms with Crippen molar-refractivity contribution in [2.24, 2.45) is 5.92 Å². The lowest BCUT2D eigenvalue weighted by atomic mass is 9.86. The van der Waals surface area contributed by atoms with Crippen molar-refractivity contribution in [2.45, 2.75) is 38.3 Å². The Morgan fingerprint density at radius 2 is 1.76 bits per heavy atom. The molecule has 0 N–H and O–H groups in total. The summed E-state index contributed by atoms with van der Waals surface area (Å²) < 4.78 is 7.66. The molecule has 3 heterocycles. The van der Waals surface area contributed by atoms with Gasteiger partial charge >= 0.3 is 0 Å². The fraction of sp³-hybridized carbons (Fsp3) is 0.375. The van der Waals surface area contributed by atoms with Gasteiger partial charge in [-0.05, 0) is 42.5 Å². The lowest BCUT2D eigenvalue weighted by molar-refractivity contribution is -0.384. The number of carbonyl (C=O) groups excluding carboxylic acids is 1. The van der Waals surface area contributed by atoms with E-state index in [1.54, 1.807) is 19.2 Å². The number of hydrogen-bond donors (Lipinski definition) is 0. The van der Waals surface area contributed by atoms with Gasteiger partial charge in [0.05, 0.1) is 22.4 Å². The molecule has 2 aromatic carbocycles. The minimum absolute atomic E-state index is 0.0426. The Labute approximate surface area is 239 Å². The van der Waals surface area contributed by atoms with Crippen molar-refractivity contribution >= 4 is 17.2 Å². The lowest BCUT2D eigenvalue weighted by Crippen LogP contribution is -2.50. The van der Waals surface area contributed by atoms with Crippen LogP contribution in [0.3, 0.4) is 0 Å². The zero-order valence-electron chi connectivity index (χ0n) is 23.3. The van der Waals surface area contributed by atoms with E-state index in [4.69, 9.17) is 9.72 Å². The molecule has 0 bridgehead atoms. The van der Waals surface area contributed by atoms with Gasteiger partial charge in [-0.15, -0.1) is 0 Å². The van der Waals surface area contributed by atoms with Crippen LogP contribution in [0, 0.1) is 16.0 Å². The molecule has 9 nitrogen and oxygen atoms in total. The van der Waals surface area contributed by atoms with Gasteiger partial charge in [0.15, 0.2) is 0 Å². The summed E-state index contributed by atoms with van der Waals surface area (Å²) >= 11 is 0. The summed E-state index contributed by atoms with van der Waals surface area (Å²) in [5.74, 6) is 0.307. The van der Waals surface area contributed by atoms with Crippen LogP contribution in [-0.2, 0) is 16.1 Å². The summed E-state index contributed by atoms with van der Waals surface area (Å²) in [6.07, 6.45) is 6.11. The molecular weight excluding hydrogens is 518 g/mol. The number of imidazole rings is 1. The molecule has 1 saturated heterocycles. The number of amides is 1. The van der Waals surface area contributed by atoms with E-state index < -0.39 is 0 Å². The van der Waals surface area contributed by atoms with Crippen LogP contribution < -0.4 is 0 Å². The molecule has 1 aliphatic carbocycles. The van der Waals surface area contributed by atoms with Crippen LogP contribution >= 0.6 is 0 Å². The van der Waals surface area contributed by atoms with Crippen molar-refractivity contribution in [1.29, 1.82) is 0 Å². The third-order valence-corrected chi connectivity index (χ3v) is 8.52. The molecular formula is C32H35N5O4. The summed E-state index contributed by atoms with van der Waals surface area (Å²) in [4.78, 5) is 33.8. The Bertz CT molecular complexity index is 1540. The Morgan fingerprint density at radius 3 is 2.51 bits per heavy atom. The third kappa shape index (κ3) is 5.73. The number of hydrogen-bond acceptors (Lipinski definition) is 6. The molecule has 212 valence electrons. The fourth-order valence-electron chi connectivity index (χ4n) is 6.22. The van der Waals surface area contributed by atoms with Gasteiger partial charge in [-0.2, -0.15) is 0 Å². The Morgan fingerprint density at radius 1 is 0.976 bits per heavy atom. The average Bonchev–Trinajstić information content (AvgIpc) is 3.39. The van der Waals surface area contributed by atoms with Crippen molar-refractivity contribution in [3.05, 3.63) is 88.7 Å². The van der Waals surface area contributed by atoms with Gasteiger partial charge in [-0.3, -0.25) is 19.8 Å². The molecule has 0 radical (unpaired) electrons. The number of fused-ring (bicyclic) bond motifs is 1. The molecule has 1 saturated carbocycles. The quantitative estimate of drug-likeness (QED) is 0.224. The summed E-state index contributed by atoms with van der Waals surface area (Å²) in [6, 6.07) is 20.9. The second kappa shape index (κ2) is 11.8. The number of nitro benzene ring substituents is 1. The number of nitrogens with zero attached hydrogens (tertiary/aromatic N) is 5. The number of nitro groups is 1. The molecule has 4 aromatic rings. The molecule has 1 amide bonds. The van der Waals surface area contributed by atoms with Gasteiger partial charge in [-0.1, -0.05) is 48.9 Å². The van der Waals surface area contributed by atoms with Crippen LogP contribution in [-0.4, -0.2) is 69.4 Å². The third-order valence-electron chi connectivity index (χ3n) is 8.52. The second-order valence-electron chi connectivity index (χ2n) is 11.0. The minimum atomic E-state index is -0.371. The first-order valence-corrected chi connectivity index (χ1v) is 14.4. The smallest absolute Gasteiger partial charge is 0.270 e. The van der Waals surface area contributed by atoms with E-state index in [2.05, 4.69) is 33.7 Å². The predicted octanol–water partition coefficient (Wildman–Crippen LogP) is 5.43.